The van der Waals surface area contributed by atoms with Crippen LogP contribution in [0.4, 0.5) is 10.5 Å². The van der Waals surface area contributed by atoms with Gasteiger partial charge in [0.05, 0.1) is 33.2 Å². The summed E-state index contributed by atoms with van der Waals surface area (Å²) in [5.41, 5.74) is 4.64. The second kappa shape index (κ2) is 9.39. The number of carbonyl (C=O) groups excluding carboxylic acids is 1. The number of nitrogens with zero attached hydrogens (tertiary/aromatic N) is 1. The molecule has 0 bridgehead atoms. The summed E-state index contributed by atoms with van der Waals surface area (Å²) in [6, 6.07) is 24.5. The molecule has 3 atom stereocenters. The van der Waals surface area contributed by atoms with Crippen LogP contribution in [0.25, 0.3) is 0 Å². The molecule has 34 heavy (non-hydrogen) atoms. The van der Waals surface area contributed by atoms with Crippen LogP contribution in [-0.4, -0.2) is 44.5 Å². The van der Waals surface area contributed by atoms with Gasteiger partial charge in [0.15, 0.2) is 11.5 Å². The van der Waals surface area contributed by atoms with Gasteiger partial charge in [-0.05, 0) is 29.8 Å². The zero-order valence-corrected chi connectivity index (χ0v) is 19.7. The smallest absolute Gasteiger partial charge is 0.411 e. The first-order valence-electron chi connectivity index (χ1n) is 11.8. The topological polar surface area (TPSA) is 56.8 Å². The molecule has 0 aromatic heterocycles. The summed E-state index contributed by atoms with van der Waals surface area (Å²) in [7, 11) is 3.35. The minimum atomic E-state index is -0.414. The lowest BCUT2D eigenvalue weighted by Gasteiger charge is -2.59. The van der Waals surface area contributed by atoms with E-state index in [0.29, 0.717) is 6.61 Å². The first kappa shape index (κ1) is 22.3. The van der Waals surface area contributed by atoms with E-state index in [-0.39, 0.29) is 12.0 Å². The Bertz CT molecular complexity index is 1150. The monoisotopic (exact) mass is 459 g/mol. The number of methoxy groups -OCH3 is 2. The molecule has 2 heterocycles. The van der Waals surface area contributed by atoms with E-state index in [4.69, 9.17) is 14.2 Å². The average molecular weight is 460 g/mol. The second-order valence-electron chi connectivity index (χ2n) is 9.22. The summed E-state index contributed by atoms with van der Waals surface area (Å²) in [4.78, 5) is 12.4. The molecule has 1 fully saturated rings. The van der Waals surface area contributed by atoms with Gasteiger partial charge < -0.3 is 18.7 Å². The van der Waals surface area contributed by atoms with Crippen molar-refractivity contribution in [2.45, 2.75) is 19.0 Å². The largest absolute Gasteiger partial charge is 0.493 e. The number of hydrogen-bond donors (Lipinski definition) is 1. The van der Waals surface area contributed by atoms with Crippen LogP contribution in [-0.2, 0) is 17.7 Å². The predicted molar refractivity (Wildman–Crippen MR) is 131 cm³/mol. The van der Waals surface area contributed by atoms with E-state index in [1.807, 2.05) is 30.3 Å². The molecule has 6 heteroatoms. The molecular weight excluding hydrogens is 428 g/mol. The number of quaternary nitrogens is 1. The van der Waals surface area contributed by atoms with Crippen LogP contribution < -0.4 is 14.8 Å². The van der Waals surface area contributed by atoms with Gasteiger partial charge in [-0.3, -0.25) is 5.32 Å². The highest BCUT2D eigenvalue weighted by Gasteiger charge is 2.57. The van der Waals surface area contributed by atoms with Crippen molar-refractivity contribution in [1.29, 1.82) is 0 Å². The van der Waals surface area contributed by atoms with E-state index in [1.165, 1.54) is 16.7 Å². The van der Waals surface area contributed by atoms with Crippen LogP contribution in [0.1, 0.15) is 22.7 Å². The Morgan fingerprint density at radius 3 is 2.35 bits per heavy atom. The van der Waals surface area contributed by atoms with Gasteiger partial charge in [-0.2, -0.15) is 0 Å². The molecule has 0 radical (unpaired) electrons. The molecule has 1 unspecified atom stereocenters. The van der Waals surface area contributed by atoms with Crippen molar-refractivity contribution < 1.29 is 23.5 Å². The predicted octanol–water partition coefficient (Wildman–Crippen LogP) is 5.20. The number of nitrogens with one attached hydrogen (secondary N) is 1. The van der Waals surface area contributed by atoms with Crippen molar-refractivity contribution in [3.63, 3.8) is 0 Å². The highest BCUT2D eigenvalue weighted by Crippen LogP contribution is 2.53. The molecule has 3 aromatic carbocycles. The number of ether oxygens (including phenoxy) is 3. The lowest BCUT2D eigenvalue weighted by Crippen LogP contribution is -2.68. The van der Waals surface area contributed by atoms with Crippen molar-refractivity contribution in [1.82, 2.24) is 0 Å². The maximum Gasteiger partial charge on any atom is 0.411 e. The standard InChI is InChI=1S/C28H30N2O4/c1-32-25-15-21-13-14-30(17-20-9-5-3-6-10-20)18-22(27(30)24(21)16-26(25)33-2)19-34-28(31)29-23-11-7-4-8-12-23/h3-12,15-16,22,27H,13-14,17-19H2,1-2H3/p+1/t22-,27-,30?/m1/s1. The van der Waals surface area contributed by atoms with Gasteiger partial charge in [-0.1, -0.05) is 48.5 Å². The lowest BCUT2D eigenvalue weighted by molar-refractivity contribution is -1.02. The molecule has 1 amide bonds. The fourth-order valence-corrected chi connectivity index (χ4v) is 5.73. The molecule has 1 saturated heterocycles. The van der Waals surface area contributed by atoms with Gasteiger partial charge in [0.1, 0.15) is 19.2 Å². The zero-order chi connectivity index (χ0) is 23.5. The summed E-state index contributed by atoms with van der Waals surface area (Å²) < 4.78 is 17.9. The number of hydrogen-bond acceptors (Lipinski definition) is 4. The van der Waals surface area contributed by atoms with E-state index in [2.05, 4.69) is 47.8 Å². The Morgan fingerprint density at radius 2 is 1.65 bits per heavy atom. The third-order valence-electron chi connectivity index (χ3n) is 7.21. The minimum absolute atomic E-state index is 0.238. The van der Waals surface area contributed by atoms with Crippen LogP contribution >= 0.6 is 0 Å². The fourth-order valence-electron chi connectivity index (χ4n) is 5.73. The van der Waals surface area contributed by atoms with Crippen molar-refractivity contribution >= 4 is 11.8 Å². The molecule has 176 valence electrons. The van der Waals surface area contributed by atoms with Gasteiger partial charge in [0, 0.05) is 23.2 Å². The SMILES string of the molecule is COc1cc2c(cc1OC)[C@H]1[C@@H](COC(=O)Nc3ccccc3)C[N+]1(Cc1ccccc1)CC2. The minimum Gasteiger partial charge on any atom is -0.493 e. The number of amides is 1. The highest BCUT2D eigenvalue weighted by molar-refractivity contribution is 5.84. The summed E-state index contributed by atoms with van der Waals surface area (Å²) in [6.45, 7) is 3.37. The number of anilines is 1. The molecule has 0 aliphatic carbocycles. The normalized spacial score (nSPS) is 22.5. The van der Waals surface area contributed by atoms with Gasteiger partial charge in [0.2, 0.25) is 0 Å². The van der Waals surface area contributed by atoms with Crippen LogP contribution in [0.15, 0.2) is 72.8 Å². The Labute approximate surface area is 200 Å². The van der Waals surface area contributed by atoms with E-state index in [1.54, 1.807) is 14.2 Å². The van der Waals surface area contributed by atoms with E-state index >= 15 is 0 Å². The second-order valence-corrected chi connectivity index (χ2v) is 9.22. The van der Waals surface area contributed by atoms with Crippen LogP contribution in [0, 0.1) is 5.92 Å². The molecule has 0 saturated carbocycles. The number of para-hydroxylation sites is 1. The maximum atomic E-state index is 12.4. The van der Waals surface area contributed by atoms with Crippen LogP contribution in [0.2, 0.25) is 0 Å². The van der Waals surface area contributed by atoms with Crippen LogP contribution in [0.5, 0.6) is 11.5 Å². The molecule has 3 aromatic rings. The summed E-state index contributed by atoms with van der Waals surface area (Å²) >= 11 is 0. The molecule has 2 aliphatic heterocycles. The number of carbonyl (C=O) groups is 1. The first-order valence-corrected chi connectivity index (χ1v) is 11.8. The van der Waals surface area contributed by atoms with Gasteiger partial charge in [-0.25, -0.2) is 4.79 Å². The number of fused-ring (bicyclic) bond motifs is 3. The Morgan fingerprint density at radius 1 is 0.971 bits per heavy atom. The third kappa shape index (κ3) is 4.21. The maximum absolute atomic E-state index is 12.4. The van der Waals surface area contributed by atoms with E-state index < -0.39 is 6.09 Å². The van der Waals surface area contributed by atoms with Crippen molar-refractivity contribution in [3.8, 4) is 11.5 Å². The van der Waals surface area contributed by atoms with Crippen LogP contribution in [0.3, 0.4) is 0 Å². The number of rotatable bonds is 7. The molecule has 1 N–H and O–H groups in total. The average Bonchev–Trinajstić information content (AvgIpc) is 2.85. The van der Waals surface area contributed by atoms with Gasteiger partial charge in [0.25, 0.3) is 0 Å². The lowest BCUT2D eigenvalue weighted by atomic mass is 9.74. The van der Waals surface area contributed by atoms with E-state index in [9.17, 15) is 4.79 Å². The highest BCUT2D eigenvalue weighted by atomic mass is 16.5. The van der Waals surface area contributed by atoms with Crippen molar-refractivity contribution in [2.24, 2.45) is 5.92 Å². The third-order valence-corrected chi connectivity index (χ3v) is 7.21. The van der Waals surface area contributed by atoms with Gasteiger partial charge in [-0.15, -0.1) is 0 Å². The Hall–Kier alpha value is -3.51. The first-order chi connectivity index (χ1) is 16.6. The molecule has 2 aliphatic rings. The zero-order valence-electron chi connectivity index (χ0n) is 19.7. The molecule has 0 spiro atoms. The van der Waals surface area contributed by atoms with E-state index in [0.717, 1.165) is 47.7 Å². The summed E-state index contributed by atoms with van der Waals surface area (Å²) in [5.74, 6) is 1.75. The van der Waals surface area contributed by atoms with Crippen molar-refractivity contribution in [2.75, 3.05) is 39.2 Å². The van der Waals surface area contributed by atoms with Gasteiger partial charge >= 0.3 is 6.09 Å². The molecule has 5 rings (SSSR count). The Kier molecular flexibility index (Phi) is 6.16. The molecule has 6 nitrogen and oxygen atoms in total. The molecular formula is C28H31N2O4+. The quantitative estimate of drug-likeness (QED) is 0.494. The number of benzene rings is 3. The fraction of sp³-hybridized carbons (Fsp3) is 0.321. The van der Waals surface area contributed by atoms with Crippen molar-refractivity contribution in [3.05, 3.63) is 89.5 Å². The Balaban J connectivity index is 1.39. The summed E-state index contributed by atoms with van der Waals surface area (Å²) in [5, 5.41) is 2.82. The summed E-state index contributed by atoms with van der Waals surface area (Å²) in [6.07, 6.45) is 0.573.